The fourth-order valence-corrected chi connectivity index (χ4v) is 6.24. The molecule has 0 atom stereocenters. The Hall–Kier alpha value is -1.39. The standard InChI is InChI=1S/C19H18Cl2F2N2O3S2/c20-15-2-1-3-16(21)17(15)30(27,28)25-10-8-12(9-11-25)18(26)24-13-4-6-14(7-5-13)29-19(22)23/h1-7,12,19H,8-11H2,(H,24,26). The maximum Gasteiger partial charge on any atom is 0.288 e. The van der Waals surface area contributed by atoms with Gasteiger partial charge in [-0.15, -0.1) is 0 Å². The number of carbonyl (C=O) groups is 1. The van der Waals surface area contributed by atoms with E-state index in [0.29, 0.717) is 35.2 Å². The molecule has 0 aliphatic carbocycles. The first-order valence-corrected chi connectivity index (χ1v) is 12.1. The number of piperidine rings is 1. The fraction of sp³-hybridized carbons (Fsp3) is 0.316. The van der Waals surface area contributed by atoms with Gasteiger partial charge >= 0.3 is 0 Å². The molecule has 0 bridgehead atoms. The van der Waals surface area contributed by atoms with Gasteiger partial charge in [0.05, 0.1) is 10.0 Å². The maximum atomic E-state index is 12.9. The molecule has 0 radical (unpaired) electrons. The largest absolute Gasteiger partial charge is 0.326 e. The van der Waals surface area contributed by atoms with Gasteiger partial charge in [0, 0.05) is 29.6 Å². The van der Waals surface area contributed by atoms with Crippen LogP contribution in [-0.4, -0.2) is 37.5 Å². The van der Waals surface area contributed by atoms with Crippen molar-refractivity contribution in [1.82, 2.24) is 4.31 Å². The average molecular weight is 495 g/mol. The van der Waals surface area contributed by atoms with E-state index in [1.807, 2.05) is 0 Å². The van der Waals surface area contributed by atoms with E-state index in [2.05, 4.69) is 5.32 Å². The lowest BCUT2D eigenvalue weighted by atomic mass is 9.97. The summed E-state index contributed by atoms with van der Waals surface area (Å²) in [7, 11) is -3.87. The van der Waals surface area contributed by atoms with E-state index < -0.39 is 15.8 Å². The van der Waals surface area contributed by atoms with Crippen molar-refractivity contribution in [3.8, 4) is 0 Å². The molecular formula is C19H18Cl2F2N2O3S2. The first-order chi connectivity index (χ1) is 14.2. The molecule has 3 rings (SSSR count). The van der Waals surface area contributed by atoms with E-state index in [4.69, 9.17) is 23.2 Å². The van der Waals surface area contributed by atoms with Gasteiger partial charge < -0.3 is 5.32 Å². The van der Waals surface area contributed by atoms with Crippen LogP contribution in [0, 0.1) is 5.92 Å². The molecule has 11 heteroatoms. The third kappa shape index (κ3) is 5.45. The number of halogens is 4. The van der Waals surface area contributed by atoms with Crippen LogP contribution in [0.25, 0.3) is 0 Å². The van der Waals surface area contributed by atoms with Gasteiger partial charge in [0.25, 0.3) is 5.76 Å². The Labute approximate surface area is 187 Å². The highest BCUT2D eigenvalue weighted by molar-refractivity contribution is 7.99. The smallest absolute Gasteiger partial charge is 0.288 e. The van der Waals surface area contributed by atoms with Gasteiger partial charge in [-0.2, -0.15) is 13.1 Å². The van der Waals surface area contributed by atoms with Crippen molar-refractivity contribution in [3.05, 3.63) is 52.5 Å². The minimum atomic E-state index is -3.87. The third-order valence-electron chi connectivity index (χ3n) is 4.69. The van der Waals surface area contributed by atoms with Gasteiger partial charge in [-0.05, 0) is 49.2 Å². The second-order valence-electron chi connectivity index (χ2n) is 6.62. The van der Waals surface area contributed by atoms with Crippen molar-refractivity contribution >= 4 is 56.6 Å². The molecule has 0 saturated carbocycles. The summed E-state index contributed by atoms with van der Waals surface area (Å²) in [5.74, 6) is -3.11. The van der Waals surface area contributed by atoms with E-state index in [9.17, 15) is 22.0 Å². The normalized spacial score (nSPS) is 16.0. The molecule has 1 heterocycles. The summed E-state index contributed by atoms with van der Waals surface area (Å²) < 4.78 is 51.8. The summed E-state index contributed by atoms with van der Waals surface area (Å²) in [5.41, 5.74) is 0.497. The molecule has 162 valence electrons. The molecule has 1 aliphatic heterocycles. The van der Waals surface area contributed by atoms with Crippen molar-refractivity contribution in [2.24, 2.45) is 5.92 Å². The second-order valence-corrected chi connectivity index (χ2v) is 10.4. The Morgan fingerprint density at radius 3 is 2.17 bits per heavy atom. The lowest BCUT2D eigenvalue weighted by molar-refractivity contribution is -0.120. The molecule has 1 amide bonds. The molecule has 1 saturated heterocycles. The van der Waals surface area contributed by atoms with Crippen LogP contribution in [0.1, 0.15) is 12.8 Å². The van der Waals surface area contributed by atoms with Crippen molar-refractivity contribution in [1.29, 1.82) is 0 Å². The van der Waals surface area contributed by atoms with Gasteiger partial charge in [0.15, 0.2) is 0 Å². The Kier molecular flexibility index (Phi) is 7.62. The van der Waals surface area contributed by atoms with E-state index in [0.717, 1.165) is 0 Å². The minimum absolute atomic E-state index is 0.0517. The molecule has 1 fully saturated rings. The Morgan fingerprint density at radius 2 is 1.63 bits per heavy atom. The summed E-state index contributed by atoms with van der Waals surface area (Å²) in [6.45, 7) is 0.317. The number of sulfonamides is 1. The zero-order valence-corrected chi connectivity index (χ0v) is 18.7. The van der Waals surface area contributed by atoms with Crippen molar-refractivity contribution < 1.29 is 22.0 Å². The molecule has 0 unspecified atom stereocenters. The highest BCUT2D eigenvalue weighted by Gasteiger charge is 2.34. The van der Waals surface area contributed by atoms with E-state index in [-0.39, 0.29) is 39.9 Å². The number of nitrogens with zero attached hydrogens (tertiary/aromatic N) is 1. The van der Waals surface area contributed by atoms with Crippen LogP contribution < -0.4 is 5.32 Å². The first-order valence-electron chi connectivity index (χ1n) is 8.98. The SMILES string of the molecule is O=C(Nc1ccc(SC(F)F)cc1)C1CCN(S(=O)(=O)c2c(Cl)cccc2Cl)CC1. The van der Waals surface area contributed by atoms with Gasteiger partial charge in [-0.25, -0.2) is 8.42 Å². The summed E-state index contributed by atoms with van der Waals surface area (Å²) in [6.07, 6.45) is 0.679. The fourth-order valence-electron chi connectivity index (χ4n) is 3.18. The van der Waals surface area contributed by atoms with E-state index >= 15 is 0 Å². The van der Waals surface area contributed by atoms with Gasteiger partial charge in [0.1, 0.15) is 4.90 Å². The van der Waals surface area contributed by atoms with E-state index in [1.54, 1.807) is 18.2 Å². The second kappa shape index (κ2) is 9.82. The molecule has 1 aliphatic rings. The van der Waals surface area contributed by atoms with Gasteiger partial charge in [0.2, 0.25) is 15.9 Å². The maximum absolute atomic E-state index is 12.9. The average Bonchev–Trinajstić information content (AvgIpc) is 2.69. The molecular weight excluding hydrogens is 477 g/mol. The number of nitrogens with one attached hydrogen (secondary N) is 1. The van der Waals surface area contributed by atoms with Crippen LogP contribution in [0.15, 0.2) is 52.3 Å². The predicted octanol–water partition coefficient (Wildman–Crippen LogP) is 5.35. The molecule has 5 nitrogen and oxygen atoms in total. The number of alkyl halides is 2. The van der Waals surface area contributed by atoms with Crippen LogP contribution in [-0.2, 0) is 14.8 Å². The molecule has 1 N–H and O–H groups in total. The summed E-state index contributed by atoms with van der Waals surface area (Å²) in [6, 6.07) is 10.6. The van der Waals surface area contributed by atoms with Crippen molar-refractivity contribution in [2.45, 2.75) is 28.4 Å². The number of amides is 1. The molecule has 2 aromatic carbocycles. The number of hydrogen-bond acceptors (Lipinski definition) is 4. The number of thioether (sulfide) groups is 1. The number of anilines is 1. The van der Waals surface area contributed by atoms with Crippen molar-refractivity contribution in [2.75, 3.05) is 18.4 Å². The lowest BCUT2D eigenvalue weighted by Crippen LogP contribution is -2.41. The van der Waals surface area contributed by atoms with Crippen LogP contribution in [0.4, 0.5) is 14.5 Å². The lowest BCUT2D eigenvalue weighted by Gasteiger charge is -2.31. The highest BCUT2D eigenvalue weighted by Crippen LogP contribution is 2.33. The number of carbonyl (C=O) groups excluding carboxylic acids is 1. The summed E-state index contributed by atoms with van der Waals surface area (Å²) in [5, 5.41) is 2.85. The first kappa shape index (κ1) is 23.3. The van der Waals surface area contributed by atoms with Crippen LogP contribution in [0.3, 0.4) is 0 Å². The quantitative estimate of drug-likeness (QED) is 0.549. The van der Waals surface area contributed by atoms with Crippen molar-refractivity contribution in [3.63, 3.8) is 0 Å². The Morgan fingerprint density at radius 1 is 1.07 bits per heavy atom. The summed E-state index contributed by atoms with van der Waals surface area (Å²) >= 11 is 12.5. The van der Waals surface area contributed by atoms with Gasteiger partial charge in [-0.3, -0.25) is 4.79 Å². The zero-order valence-electron chi connectivity index (χ0n) is 15.5. The van der Waals surface area contributed by atoms with Crippen LogP contribution >= 0.6 is 35.0 Å². The Balaban J connectivity index is 1.60. The minimum Gasteiger partial charge on any atom is -0.326 e. The van der Waals surface area contributed by atoms with Gasteiger partial charge in [-0.1, -0.05) is 41.0 Å². The predicted molar refractivity (Wildman–Crippen MR) is 115 cm³/mol. The highest BCUT2D eigenvalue weighted by atomic mass is 35.5. The Bertz CT molecular complexity index is 993. The van der Waals surface area contributed by atoms with E-state index in [1.165, 1.54) is 28.6 Å². The summed E-state index contributed by atoms with van der Waals surface area (Å²) in [4.78, 5) is 12.8. The number of hydrogen-bond donors (Lipinski definition) is 1. The topological polar surface area (TPSA) is 66.5 Å². The zero-order chi connectivity index (χ0) is 21.9. The number of benzene rings is 2. The molecule has 2 aromatic rings. The molecule has 30 heavy (non-hydrogen) atoms. The number of rotatable bonds is 6. The molecule has 0 aromatic heterocycles. The molecule has 0 spiro atoms. The van der Waals surface area contributed by atoms with Crippen LogP contribution in [0.2, 0.25) is 10.0 Å². The van der Waals surface area contributed by atoms with Crippen LogP contribution in [0.5, 0.6) is 0 Å². The monoisotopic (exact) mass is 494 g/mol. The third-order valence-corrected chi connectivity index (χ3v) is 8.27.